The summed E-state index contributed by atoms with van der Waals surface area (Å²) in [5.41, 5.74) is 0. The van der Waals surface area contributed by atoms with Crippen LogP contribution in [0.2, 0.25) is 0 Å². The van der Waals surface area contributed by atoms with Crippen molar-refractivity contribution in [2.75, 3.05) is 0 Å². The van der Waals surface area contributed by atoms with Crippen LogP contribution in [-0.2, 0) is 4.79 Å². The smallest absolute Gasteiger partial charge is 0.120 e. The van der Waals surface area contributed by atoms with E-state index in [1.807, 2.05) is 0 Å². The average molecular weight is 142 g/mol. The van der Waals surface area contributed by atoms with E-state index in [2.05, 4.69) is 20.8 Å². The Kier molecular flexibility index (Phi) is 5.27. The molecule has 1 heteroatoms. The molecular weight excluding hydrogens is 124 g/mol. The van der Waals surface area contributed by atoms with Crippen molar-refractivity contribution in [2.45, 2.75) is 40.0 Å². The highest BCUT2D eigenvalue weighted by Gasteiger charge is 2.09. The topological polar surface area (TPSA) is 17.1 Å². The number of carbonyl (C=O) groups is 1. The minimum atomic E-state index is 0.727. The fourth-order valence-electron chi connectivity index (χ4n) is 1.29. The van der Waals surface area contributed by atoms with Crippen molar-refractivity contribution in [3.8, 4) is 0 Å². The summed E-state index contributed by atoms with van der Waals surface area (Å²) in [7, 11) is 0. The van der Waals surface area contributed by atoms with E-state index in [0.717, 1.165) is 31.0 Å². The van der Waals surface area contributed by atoms with Crippen LogP contribution in [0.5, 0.6) is 0 Å². The van der Waals surface area contributed by atoms with Crippen molar-refractivity contribution in [2.24, 2.45) is 11.8 Å². The van der Waals surface area contributed by atoms with Crippen LogP contribution in [0.25, 0.3) is 0 Å². The van der Waals surface area contributed by atoms with Crippen molar-refractivity contribution in [3.05, 3.63) is 0 Å². The van der Waals surface area contributed by atoms with Crippen LogP contribution < -0.4 is 0 Å². The third-order valence-electron chi connectivity index (χ3n) is 2.12. The molecule has 0 fully saturated rings. The Morgan fingerprint density at radius 1 is 1.40 bits per heavy atom. The van der Waals surface area contributed by atoms with E-state index in [0.29, 0.717) is 0 Å². The van der Waals surface area contributed by atoms with E-state index in [1.165, 1.54) is 6.42 Å². The second-order valence-corrected chi connectivity index (χ2v) is 3.16. The minimum absolute atomic E-state index is 0.727. The van der Waals surface area contributed by atoms with Gasteiger partial charge in [0.05, 0.1) is 0 Å². The maximum Gasteiger partial charge on any atom is 0.120 e. The van der Waals surface area contributed by atoms with Crippen LogP contribution >= 0.6 is 0 Å². The van der Waals surface area contributed by atoms with Gasteiger partial charge in [0.15, 0.2) is 0 Å². The van der Waals surface area contributed by atoms with Crippen LogP contribution in [0.3, 0.4) is 0 Å². The first-order valence-corrected chi connectivity index (χ1v) is 4.16. The average Bonchev–Trinajstić information content (AvgIpc) is 1.89. The van der Waals surface area contributed by atoms with Gasteiger partial charge in [-0.15, -0.1) is 0 Å². The molecule has 60 valence electrons. The maximum absolute atomic E-state index is 10.0. The van der Waals surface area contributed by atoms with Gasteiger partial charge in [-0.05, 0) is 18.3 Å². The van der Waals surface area contributed by atoms with Crippen LogP contribution in [-0.4, -0.2) is 6.29 Å². The molecule has 0 N–H and O–H groups in total. The zero-order valence-electron chi connectivity index (χ0n) is 7.26. The Bertz CT molecular complexity index is 86.7. The van der Waals surface area contributed by atoms with Crippen molar-refractivity contribution >= 4 is 6.29 Å². The fraction of sp³-hybridized carbons (Fsp3) is 0.889. The first-order chi connectivity index (χ1) is 4.72. The summed E-state index contributed by atoms with van der Waals surface area (Å²) in [4.78, 5) is 10.0. The largest absolute Gasteiger partial charge is 0.303 e. The van der Waals surface area contributed by atoms with Gasteiger partial charge in [0, 0.05) is 6.42 Å². The molecule has 1 unspecified atom stereocenters. The van der Waals surface area contributed by atoms with E-state index in [-0.39, 0.29) is 0 Å². The van der Waals surface area contributed by atoms with Gasteiger partial charge in [-0.2, -0.15) is 0 Å². The van der Waals surface area contributed by atoms with E-state index in [9.17, 15) is 4.79 Å². The highest BCUT2D eigenvalue weighted by Crippen LogP contribution is 2.19. The standard InChI is InChI=1S/C9H18O/c1-4-9(8(2)3)6-5-7-10/h7-9H,4-6H2,1-3H3. The van der Waals surface area contributed by atoms with E-state index in [1.54, 1.807) is 0 Å². The van der Waals surface area contributed by atoms with Gasteiger partial charge >= 0.3 is 0 Å². The molecule has 0 spiro atoms. The molecule has 0 rings (SSSR count). The van der Waals surface area contributed by atoms with Gasteiger partial charge in [0.25, 0.3) is 0 Å². The normalized spacial score (nSPS) is 13.6. The molecule has 0 aliphatic rings. The zero-order chi connectivity index (χ0) is 7.98. The predicted octanol–water partition coefficient (Wildman–Crippen LogP) is 2.65. The second kappa shape index (κ2) is 5.45. The minimum Gasteiger partial charge on any atom is -0.303 e. The quantitative estimate of drug-likeness (QED) is 0.539. The number of aldehydes is 1. The summed E-state index contributed by atoms with van der Waals surface area (Å²) >= 11 is 0. The van der Waals surface area contributed by atoms with E-state index >= 15 is 0 Å². The predicted molar refractivity (Wildman–Crippen MR) is 43.9 cm³/mol. The van der Waals surface area contributed by atoms with Gasteiger partial charge in [0.2, 0.25) is 0 Å². The summed E-state index contributed by atoms with van der Waals surface area (Å²) in [5.74, 6) is 1.47. The van der Waals surface area contributed by atoms with E-state index < -0.39 is 0 Å². The Morgan fingerprint density at radius 3 is 2.30 bits per heavy atom. The van der Waals surface area contributed by atoms with Crippen molar-refractivity contribution < 1.29 is 4.79 Å². The summed E-state index contributed by atoms with van der Waals surface area (Å²) in [6, 6.07) is 0. The molecule has 0 aromatic heterocycles. The first kappa shape index (κ1) is 9.67. The van der Waals surface area contributed by atoms with Gasteiger partial charge in [0.1, 0.15) is 6.29 Å². The molecule has 0 saturated heterocycles. The number of hydrogen-bond acceptors (Lipinski definition) is 1. The van der Waals surface area contributed by atoms with Gasteiger partial charge in [-0.3, -0.25) is 0 Å². The highest BCUT2D eigenvalue weighted by molar-refractivity contribution is 5.49. The molecule has 0 aromatic rings. The molecule has 1 nitrogen and oxygen atoms in total. The molecule has 0 heterocycles. The van der Waals surface area contributed by atoms with Crippen molar-refractivity contribution in [1.29, 1.82) is 0 Å². The van der Waals surface area contributed by atoms with Crippen molar-refractivity contribution in [1.82, 2.24) is 0 Å². The Balaban J connectivity index is 3.49. The van der Waals surface area contributed by atoms with Crippen LogP contribution in [0.1, 0.15) is 40.0 Å². The number of rotatable bonds is 5. The van der Waals surface area contributed by atoms with Crippen molar-refractivity contribution in [3.63, 3.8) is 0 Å². The summed E-state index contributed by atoms with van der Waals surface area (Å²) in [6.07, 6.45) is 4.02. The lowest BCUT2D eigenvalue weighted by molar-refractivity contribution is -0.108. The molecular formula is C9H18O. The van der Waals surface area contributed by atoms with Crippen LogP contribution in [0.4, 0.5) is 0 Å². The highest BCUT2D eigenvalue weighted by atomic mass is 16.1. The fourth-order valence-corrected chi connectivity index (χ4v) is 1.29. The molecule has 0 bridgehead atoms. The Hall–Kier alpha value is -0.330. The third kappa shape index (κ3) is 3.65. The Labute approximate surface area is 63.8 Å². The first-order valence-electron chi connectivity index (χ1n) is 4.16. The summed E-state index contributed by atoms with van der Waals surface area (Å²) < 4.78 is 0. The zero-order valence-corrected chi connectivity index (χ0v) is 7.26. The molecule has 10 heavy (non-hydrogen) atoms. The number of carbonyl (C=O) groups excluding carboxylic acids is 1. The number of hydrogen-bond donors (Lipinski definition) is 0. The lowest BCUT2D eigenvalue weighted by Gasteiger charge is -2.16. The van der Waals surface area contributed by atoms with E-state index in [4.69, 9.17) is 0 Å². The molecule has 0 aliphatic carbocycles. The SMILES string of the molecule is CCC(CCC=O)C(C)C. The molecule has 0 saturated carbocycles. The third-order valence-corrected chi connectivity index (χ3v) is 2.12. The molecule has 0 radical (unpaired) electrons. The van der Waals surface area contributed by atoms with Crippen LogP contribution in [0, 0.1) is 11.8 Å². The molecule has 1 atom stereocenters. The summed E-state index contributed by atoms with van der Waals surface area (Å²) in [6.45, 7) is 6.63. The molecule has 0 aromatic carbocycles. The lowest BCUT2D eigenvalue weighted by atomic mass is 9.89. The van der Waals surface area contributed by atoms with Gasteiger partial charge < -0.3 is 4.79 Å². The van der Waals surface area contributed by atoms with Gasteiger partial charge in [-0.1, -0.05) is 27.2 Å². The molecule has 0 aliphatic heterocycles. The van der Waals surface area contributed by atoms with Gasteiger partial charge in [-0.25, -0.2) is 0 Å². The molecule has 0 amide bonds. The Morgan fingerprint density at radius 2 is 2.00 bits per heavy atom. The second-order valence-electron chi connectivity index (χ2n) is 3.16. The maximum atomic E-state index is 10.0. The monoisotopic (exact) mass is 142 g/mol. The summed E-state index contributed by atoms with van der Waals surface area (Å²) in [5, 5.41) is 0. The lowest BCUT2D eigenvalue weighted by Crippen LogP contribution is -2.07. The van der Waals surface area contributed by atoms with Crippen LogP contribution in [0.15, 0.2) is 0 Å².